The first-order valence-corrected chi connectivity index (χ1v) is 7.45. The van der Waals surface area contributed by atoms with Crippen LogP contribution in [0.15, 0.2) is 23.0 Å². The minimum Gasteiger partial charge on any atom is -0.478 e. The van der Waals surface area contributed by atoms with E-state index in [9.17, 15) is 9.59 Å². The quantitative estimate of drug-likeness (QED) is 0.892. The maximum atomic E-state index is 12.3. The summed E-state index contributed by atoms with van der Waals surface area (Å²) in [6.45, 7) is 4.50. The third-order valence-electron chi connectivity index (χ3n) is 4.90. The van der Waals surface area contributed by atoms with E-state index in [1.54, 1.807) is 12.1 Å². The third-order valence-corrected chi connectivity index (χ3v) is 4.90. The maximum absolute atomic E-state index is 12.3. The van der Waals surface area contributed by atoms with Gasteiger partial charge in [-0.05, 0) is 49.3 Å². The fraction of sp³-hybridized carbons (Fsp3) is 0.500. The van der Waals surface area contributed by atoms with Crippen molar-refractivity contribution < 1.29 is 9.90 Å². The number of carbonyl (C=O) groups is 1. The number of rotatable bonds is 2. The van der Waals surface area contributed by atoms with E-state index >= 15 is 0 Å². The molecule has 1 saturated carbocycles. The van der Waals surface area contributed by atoms with E-state index in [-0.39, 0.29) is 17.3 Å². The molecule has 112 valence electrons. The molecule has 0 amide bonds. The number of aromatic carboxylic acids is 1. The Hall–Kier alpha value is -2.04. The van der Waals surface area contributed by atoms with Crippen molar-refractivity contribution >= 4 is 17.0 Å². The molecule has 0 radical (unpaired) electrons. The molecule has 5 nitrogen and oxygen atoms in total. The first-order chi connectivity index (χ1) is 9.97. The molecule has 0 bridgehead atoms. The number of carboxylic acids is 1. The lowest BCUT2D eigenvalue weighted by Gasteiger charge is -2.32. The van der Waals surface area contributed by atoms with Crippen LogP contribution in [-0.2, 0) is 0 Å². The number of hydrogen-bond donors (Lipinski definition) is 2. The molecule has 1 aliphatic rings. The minimum absolute atomic E-state index is 0.140. The number of aromatic amines is 1. The van der Waals surface area contributed by atoms with Gasteiger partial charge in [-0.25, -0.2) is 9.59 Å². The van der Waals surface area contributed by atoms with Crippen LogP contribution in [0.4, 0.5) is 0 Å². The number of imidazole rings is 1. The number of fused-ring (bicyclic) bond motifs is 1. The lowest BCUT2D eigenvalue weighted by Crippen LogP contribution is -2.29. The van der Waals surface area contributed by atoms with Crippen molar-refractivity contribution in [2.45, 2.75) is 39.2 Å². The molecule has 3 rings (SSSR count). The van der Waals surface area contributed by atoms with Crippen LogP contribution in [0.25, 0.3) is 11.0 Å². The zero-order valence-electron chi connectivity index (χ0n) is 12.3. The van der Waals surface area contributed by atoms with Gasteiger partial charge in [0.05, 0.1) is 16.6 Å². The summed E-state index contributed by atoms with van der Waals surface area (Å²) in [7, 11) is 0. The molecule has 21 heavy (non-hydrogen) atoms. The lowest BCUT2D eigenvalue weighted by molar-refractivity contribution is 0.0697. The standard InChI is InChI=1S/C16H20N2O3/c1-9-3-5-12(7-10(9)2)18-14-6-4-11(15(19)20)8-13(14)17-16(18)21/h4,6,8-10,12H,3,5,7H2,1-2H3,(H,17,21)(H,19,20). The first-order valence-electron chi connectivity index (χ1n) is 7.45. The van der Waals surface area contributed by atoms with Gasteiger partial charge in [0.25, 0.3) is 0 Å². The molecular formula is C16H20N2O3. The molecule has 2 aromatic rings. The first kappa shape index (κ1) is 13.9. The summed E-state index contributed by atoms with van der Waals surface area (Å²) < 4.78 is 1.81. The molecule has 5 heteroatoms. The fourth-order valence-electron chi connectivity index (χ4n) is 3.38. The van der Waals surface area contributed by atoms with Crippen LogP contribution in [0.5, 0.6) is 0 Å². The van der Waals surface area contributed by atoms with E-state index in [0.29, 0.717) is 17.4 Å². The Morgan fingerprint density at radius 2 is 2.05 bits per heavy atom. The van der Waals surface area contributed by atoms with Gasteiger partial charge < -0.3 is 10.1 Å². The molecule has 0 spiro atoms. The second kappa shape index (κ2) is 5.06. The third kappa shape index (κ3) is 2.37. The number of nitrogens with zero attached hydrogens (tertiary/aromatic N) is 1. The highest BCUT2D eigenvalue weighted by Gasteiger charge is 2.27. The molecule has 3 atom stereocenters. The normalized spacial score (nSPS) is 26.1. The number of H-pyrrole nitrogens is 1. The Bertz CT molecular complexity index is 744. The van der Waals surface area contributed by atoms with Crippen molar-refractivity contribution in [3.05, 3.63) is 34.2 Å². The summed E-state index contributed by atoms with van der Waals surface area (Å²) in [6, 6.07) is 5.03. The number of nitrogens with one attached hydrogen (secondary N) is 1. The molecule has 1 aliphatic carbocycles. The van der Waals surface area contributed by atoms with Gasteiger partial charge in [0, 0.05) is 6.04 Å². The molecule has 0 aliphatic heterocycles. The van der Waals surface area contributed by atoms with Crippen molar-refractivity contribution in [3.8, 4) is 0 Å². The Morgan fingerprint density at radius 3 is 2.71 bits per heavy atom. The van der Waals surface area contributed by atoms with Crippen LogP contribution in [0.2, 0.25) is 0 Å². The summed E-state index contributed by atoms with van der Waals surface area (Å²) >= 11 is 0. The van der Waals surface area contributed by atoms with Crippen LogP contribution in [0.1, 0.15) is 49.5 Å². The molecule has 1 fully saturated rings. The second-order valence-corrected chi connectivity index (χ2v) is 6.26. The molecule has 3 unspecified atom stereocenters. The van der Waals surface area contributed by atoms with E-state index in [4.69, 9.17) is 5.11 Å². The highest BCUT2D eigenvalue weighted by Crippen LogP contribution is 2.36. The van der Waals surface area contributed by atoms with Crippen LogP contribution in [0.3, 0.4) is 0 Å². The summed E-state index contributed by atoms with van der Waals surface area (Å²) in [5.74, 6) is 0.310. The highest BCUT2D eigenvalue weighted by atomic mass is 16.4. The topological polar surface area (TPSA) is 75.1 Å². The Labute approximate surface area is 122 Å². The maximum Gasteiger partial charge on any atom is 0.335 e. The fourth-order valence-corrected chi connectivity index (χ4v) is 3.38. The van der Waals surface area contributed by atoms with Gasteiger partial charge in [0.2, 0.25) is 0 Å². The lowest BCUT2D eigenvalue weighted by atomic mass is 9.79. The van der Waals surface area contributed by atoms with Crippen molar-refractivity contribution in [2.24, 2.45) is 11.8 Å². The van der Waals surface area contributed by atoms with E-state index in [2.05, 4.69) is 18.8 Å². The smallest absolute Gasteiger partial charge is 0.335 e. The number of hydrogen-bond acceptors (Lipinski definition) is 2. The SMILES string of the molecule is CC1CCC(n2c(=O)[nH]c3cc(C(=O)O)ccc32)CC1C. The minimum atomic E-state index is -0.981. The molecule has 1 aromatic carbocycles. The van der Waals surface area contributed by atoms with Crippen LogP contribution in [0, 0.1) is 11.8 Å². The van der Waals surface area contributed by atoms with Gasteiger partial charge in [-0.1, -0.05) is 13.8 Å². The molecule has 1 aromatic heterocycles. The average Bonchev–Trinajstić information content (AvgIpc) is 2.76. The summed E-state index contributed by atoms with van der Waals surface area (Å²) in [4.78, 5) is 26.1. The Morgan fingerprint density at radius 1 is 1.29 bits per heavy atom. The summed E-state index contributed by atoms with van der Waals surface area (Å²) in [5.41, 5.74) is 1.46. The zero-order chi connectivity index (χ0) is 15.1. The summed E-state index contributed by atoms with van der Waals surface area (Å²) in [6.07, 6.45) is 3.12. The Balaban J connectivity index is 2.05. The zero-order valence-corrected chi connectivity index (χ0v) is 12.3. The monoisotopic (exact) mass is 288 g/mol. The van der Waals surface area contributed by atoms with Crippen molar-refractivity contribution in [2.75, 3.05) is 0 Å². The summed E-state index contributed by atoms with van der Waals surface area (Å²) in [5, 5.41) is 9.03. The van der Waals surface area contributed by atoms with Gasteiger partial charge in [-0.15, -0.1) is 0 Å². The van der Waals surface area contributed by atoms with Crippen molar-refractivity contribution in [1.82, 2.24) is 9.55 Å². The largest absolute Gasteiger partial charge is 0.478 e. The number of benzene rings is 1. The van der Waals surface area contributed by atoms with E-state index in [1.807, 2.05) is 4.57 Å². The second-order valence-electron chi connectivity index (χ2n) is 6.26. The molecule has 1 heterocycles. The van der Waals surface area contributed by atoms with Crippen LogP contribution < -0.4 is 5.69 Å². The van der Waals surface area contributed by atoms with Gasteiger partial charge in [-0.3, -0.25) is 4.57 Å². The highest BCUT2D eigenvalue weighted by molar-refractivity contribution is 5.92. The Kier molecular flexibility index (Phi) is 3.35. The van der Waals surface area contributed by atoms with Crippen molar-refractivity contribution in [3.63, 3.8) is 0 Å². The van der Waals surface area contributed by atoms with Crippen LogP contribution in [-0.4, -0.2) is 20.6 Å². The van der Waals surface area contributed by atoms with Gasteiger partial charge in [0.15, 0.2) is 0 Å². The predicted molar refractivity (Wildman–Crippen MR) is 80.7 cm³/mol. The predicted octanol–water partition coefficient (Wildman–Crippen LogP) is 3.03. The van der Waals surface area contributed by atoms with Gasteiger partial charge in [0.1, 0.15) is 0 Å². The van der Waals surface area contributed by atoms with E-state index in [1.165, 1.54) is 6.07 Å². The van der Waals surface area contributed by atoms with E-state index < -0.39 is 5.97 Å². The number of aromatic nitrogens is 2. The van der Waals surface area contributed by atoms with Crippen molar-refractivity contribution in [1.29, 1.82) is 0 Å². The van der Waals surface area contributed by atoms with Gasteiger partial charge in [-0.2, -0.15) is 0 Å². The molecule has 0 saturated heterocycles. The van der Waals surface area contributed by atoms with Gasteiger partial charge >= 0.3 is 11.7 Å². The average molecular weight is 288 g/mol. The van der Waals surface area contributed by atoms with E-state index in [0.717, 1.165) is 24.8 Å². The van der Waals surface area contributed by atoms with Crippen LogP contribution >= 0.6 is 0 Å². The molecular weight excluding hydrogens is 268 g/mol. The molecule has 2 N–H and O–H groups in total. The number of carboxylic acid groups (broad SMARTS) is 1.